The Morgan fingerprint density at radius 2 is 2.17 bits per heavy atom. The molecule has 1 amide bonds. The molecule has 24 heavy (non-hydrogen) atoms. The fraction of sp³-hybridized carbons (Fsp3) is 0.316. The van der Waals surface area contributed by atoms with Crippen LogP contribution in [0, 0.1) is 6.92 Å². The minimum atomic E-state index is -0.509. The molecule has 5 heteroatoms. The summed E-state index contributed by atoms with van der Waals surface area (Å²) in [6, 6.07) is 9.90. The molecule has 4 rings (SSSR count). The fourth-order valence-corrected chi connectivity index (χ4v) is 4.73. The number of piperidine rings is 1. The van der Waals surface area contributed by atoms with Gasteiger partial charge in [0, 0.05) is 41.0 Å². The molecule has 1 aliphatic rings. The summed E-state index contributed by atoms with van der Waals surface area (Å²) < 4.78 is 0. The number of aliphatic hydroxyl groups is 1. The van der Waals surface area contributed by atoms with E-state index >= 15 is 0 Å². The SMILES string of the molecule is Cc1ccsc1[C@@H]1CCN(C(=O)c2c[nH]c3ccccc23)C[C@H]1O. The number of aryl methyl sites for hydroxylation is 1. The Bertz CT molecular complexity index is 882. The average molecular weight is 340 g/mol. The second-order valence-corrected chi connectivity index (χ2v) is 7.38. The number of hydrogen-bond donors (Lipinski definition) is 2. The van der Waals surface area contributed by atoms with Crippen LogP contribution in [0.4, 0.5) is 0 Å². The molecule has 3 aromatic rings. The molecule has 2 atom stereocenters. The molecule has 2 aromatic heterocycles. The number of rotatable bonds is 2. The highest BCUT2D eigenvalue weighted by Crippen LogP contribution is 2.34. The highest BCUT2D eigenvalue weighted by molar-refractivity contribution is 7.10. The third-order valence-electron chi connectivity index (χ3n) is 4.93. The van der Waals surface area contributed by atoms with Crippen molar-refractivity contribution in [1.29, 1.82) is 0 Å². The first-order valence-electron chi connectivity index (χ1n) is 8.22. The molecule has 0 radical (unpaired) electrons. The van der Waals surface area contributed by atoms with E-state index < -0.39 is 6.10 Å². The molecule has 3 heterocycles. The number of H-pyrrole nitrogens is 1. The zero-order valence-corrected chi connectivity index (χ0v) is 14.3. The average Bonchev–Trinajstić information content (AvgIpc) is 3.20. The molecule has 0 bridgehead atoms. The molecule has 1 fully saturated rings. The number of fused-ring (bicyclic) bond motifs is 1. The molecule has 2 N–H and O–H groups in total. The van der Waals surface area contributed by atoms with E-state index in [1.54, 1.807) is 22.4 Å². The summed E-state index contributed by atoms with van der Waals surface area (Å²) in [5.74, 6) is 0.130. The molecule has 0 aliphatic carbocycles. The summed E-state index contributed by atoms with van der Waals surface area (Å²) >= 11 is 1.70. The number of β-amino-alcohol motifs (C(OH)–C–C–N with tert-alkyl or cyclic N) is 1. The van der Waals surface area contributed by atoms with Crippen molar-refractivity contribution in [3.05, 3.63) is 57.9 Å². The fourth-order valence-electron chi connectivity index (χ4n) is 3.61. The van der Waals surface area contributed by atoms with Crippen molar-refractivity contribution in [2.24, 2.45) is 0 Å². The lowest BCUT2D eigenvalue weighted by Crippen LogP contribution is -2.45. The maximum Gasteiger partial charge on any atom is 0.256 e. The Morgan fingerprint density at radius 3 is 2.92 bits per heavy atom. The van der Waals surface area contributed by atoms with Crippen LogP contribution in [-0.4, -0.2) is 40.1 Å². The van der Waals surface area contributed by atoms with E-state index in [9.17, 15) is 9.90 Å². The van der Waals surface area contributed by atoms with Crippen LogP contribution in [0.2, 0.25) is 0 Å². The van der Waals surface area contributed by atoms with Crippen LogP contribution in [0.5, 0.6) is 0 Å². The predicted octanol–water partition coefficient (Wildman–Crippen LogP) is 3.53. The quantitative estimate of drug-likeness (QED) is 0.750. The number of para-hydroxylation sites is 1. The van der Waals surface area contributed by atoms with Gasteiger partial charge in [-0.15, -0.1) is 11.3 Å². The second kappa shape index (κ2) is 6.07. The molecular weight excluding hydrogens is 320 g/mol. The zero-order valence-electron chi connectivity index (χ0n) is 13.5. The summed E-state index contributed by atoms with van der Waals surface area (Å²) in [5, 5.41) is 13.6. The van der Waals surface area contributed by atoms with Crippen LogP contribution < -0.4 is 0 Å². The minimum Gasteiger partial charge on any atom is -0.391 e. The molecule has 0 saturated carbocycles. The van der Waals surface area contributed by atoms with Crippen LogP contribution in [-0.2, 0) is 0 Å². The molecular formula is C19H20N2O2S. The number of nitrogens with zero attached hydrogens (tertiary/aromatic N) is 1. The number of amides is 1. The number of hydrogen-bond acceptors (Lipinski definition) is 3. The lowest BCUT2D eigenvalue weighted by Gasteiger charge is -2.36. The highest BCUT2D eigenvalue weighted by atomic mass is 32.1. The van der Waals surface area contributed by atoms with Crippen molar-refractivity contribution in [3.63, 3.8) is 0 Å². The van der Waals surface area contributed by atoms with Gasteiger partial charge in [-0.25, -0.2) is 0 Å². The van der Waals surface area contributed by atoms with Crippen LogP contribution in [0.15, 0.2) is 41.9 Å². The maximum atomic E-state index is 12.9. The first-order chi connectivity index (χ1) is 11.6. The Balaban J connectivity index is 1.54. The first kappa shape index (κ1) is 15.4. The Kier molecular flexibility index (Phi) is 3.90. The number of aliphatic hydroxyl groups excluding tert-OH is 1. The van der Waals surface area contributed by atoms with E-state index in [1.165, 1.54) is 10.4 Å². The van der Waals surface area contributed by atoms with Crippen molar-refractivity contribution in [3.8, 4) is 0 Å². The second-order valence-electron chi connectivity index (χ2n) is 6.43. The summed E-state index contributed by atoms with van der Waals surface area (Å²) in [6.07, 6.45) is 2.07. The molecule has 1 aromatic carbocycles. The number of carbonyl (C=O) groups excluding carboxylic acids is 1. The summed E-state index contributed by atoms with van der Waals surface area (Å²) in [5.41, 5.74) is 2.88. The molecule has 0 spiro atoms. The van der Waals surface area contributed by atoms with Crippen LogP contribution in [0.3, 0.4) is 0 Å². The number of benzene rings is 1. The number of thiophene rings is 1. The number of nitrogens with one attached hydrogen (secondary N) is 1. The molecule has 124 valence electrons. The smallest absolute Gasteiger partial charge is 0.256 e. The van der Waals surface area contributed by atoms with Crippen molar-refractivity contribution in [1.82, 2.24) is 9.88 Å². The van der Waals surface area contributed by atoms with Crippen LogP contribution in [0.25, 0.3) is 10.9 Å². The third kappa shape index (κ3) is 2.54. The van der Waals surface area contributed by atoms with Gasteiger partial charge in [0.15, 0.2) is 0 Å². The van der Waals surface area contributed by atoms with Gasteiger partial charge in [-0.3, -0.25) is 4.79 Å². The molecule has 4 nitrogen and oxygen atoms in total. The largest absolute Gasteiger partial charge is 0.391 e. The zero-order chi connectivity index (χ0) is 16.7. The highest BCUT2D eigenvalue weighted by Gasteiger charge is 2.33. The molecule has 0 unspecified atom stereocenters. The van der Waals surface area contributed by atoms with Gasteiger partial charge in [-0.1, -0.05) is 18.2 Å². The van der Waals surface area contributed by atoms with Crippen molar-refractivity contribution in [2.45, 2.75) is 25.4 Å². The predicted molar refractivity (Wildman–Crippen MR) is 96.6 cm³/mol. The van der Waals surface area contributed by atoms with E-state index in [0.717, 1.165) is 17.3 Å². The van der Waals surface area contributed by atoms with Gasteiger partial charge >= 0.3 is 0 Å². The molecule has 1 aliphatic heterocycles. The third-order valence-corrected chi connectivity index (χ3v) is 6.08. The monoisotopic (exact) mass is 340 g/mol. The Morgan fingerprint density at radius 1 is 1.33 bits per heavy atom. The normalized spacial score (nSPS) is 21.3. The van der Waals surface area contributed by atoms with Gasteiger partial charge in [0.25, 0.3) is 5.91 Å². The molecule has 1 saturated heterocycles. The number of aromatic nitrogens is 1. The van der Waals surface area contributed by atoms with E-state index in [4.69, 9.17) is 0 Å². The van der Waals surface area contributed by atoms with Crippen molar-refractivity contribution >= 4 is 28.1 Å². The standard InChI is InChI=1S/C19H20N2O2S/c1-12-7-9-24-18(12)14-6-8-21(11-17(14)22)19(23)15-10-20-16-5-3-2-4-13(15)16/h2-5,7,9-10,14,17,20,22H,6,8,11H2,1H3/t14-,17-/m1/s1. The minimum absolute atomic E-state index is 0.00662. The number of aromatic amines is 1. The van der Waals surface area contributed by atoms with E-state index in [1.807, 2.05) is 24.3 Å². The van der Waals surface area contributed by atoms with Gasteiger partial charge in [0.2, 0.25) is 0 Å². The van der Waals surface area contributed by atoms with Gasteiger partial charge < -0.3 is 15.0 Å². The van der Waals surface area contributed by atoms with Crippen LogP contribution >= 0.6 is 11.3 Å². The summed E-state index contributed by atoms with van der Waals surface area (Å²) in [4.78, 5) is 19.1. The van der Waals surface area contributed by atoms with E-state index in [2.05, 4.69) is 23.4 Å². The van der Waals surface area contributed by atoms with E-state index in [0.29, 0.717) is 18.7 Å². The Labute approximate surface area is 144 Å². The van der Waals surface area contributed by atoms with Gasteiger partial charge in [-0.2, -0.15) is 0 Å². The van der Waals surface area contributed by atoms with E-state index in [-0.39, 0.29) is 11.8 Å². The van der Waals surface area contributed by atoms with Gasteiger partial charge in [-0.05, 0) is 36.4 Å². The van der Waals surface area contributed by atoms with Gasteiger partial charge in [0.1, 0.15) is 0 Å². The lowest BCUT2D eigenvalue weighted by molar-refractivity contribution is 0.0388. The lowest BCUT2D eigenvalue weighted by atomic mass is 9.90. The number of carbonyl (C=O) groups is 1. The Hall–Kier alpha value is -2.11. The topological polar surface area (TPSA) is 56.3 Å². The number of likely N-dealkylation sites (tertiary alicyclic amines) is 1. The first-order valence-corrected chi connectivity index (χ1v) is 9.10. The van der Waals surface area contributed by atoms with Crippen LogP contribution in [0.1, 0.15) is 33.1 Å². The van der Waals surface area contributed by atoms with Gasteiger partial charge in [0.05, 0.1) is 11.7 Å². The van der Waals surface area contributed by atoms with Crippen molar-refractivity contribution in [2.75, 3.05) is 13.1 Å². The maximum absolute atomic E-state index is 12.9. The van der Waals surface area contributed by atoms with Crippen molar-refractivity contribution < 1.29 is 9.90 Å². The summed E-state index contributed by atoms with van der Waals surface area (Å²) in [6.45, 7) is 3.15. The summed E-state index contributed by atoms with van der Waals surface area (Å²) in [7, 11) is 0.